The average Bonchev–Trinajstić information content (AvgIpc) is 2.59. The maximum atomic E-state index is 4.90. The van der Waals surface area contributed by atoms with Crippen molar-refractivity contribution in [2.75, 3.05) is 0 Å². The normalized spacial score (nSPS) is 13.6. The molecule has 154 valence electrons. The molecule has 0 aliphatic rings. The van der Waals surface area contributed by atoms with Crippen molar-refractivity contribution >= 4 is 0 Å². The maximum absolute atomic E-state index is 4.90. The van der Waals surface area contributed by atoms with Crippen LogP contribution in [0, 0.1) is 0 Å². The quantitative estimate of drug-likeness (QED) is 0.646. The van der Waals surface area contributed by atoms with E-state index in [2.05, 4.69) is 90.5 Å². The number of nitrogens with zero attached hydrogens (tertiary/aromatic N) is 4. The van der Waals surface area contributed by atoms with Crippen LogP contribution in [-0.4, -0.2) is 20.2 Å². The second-order valence-corrected chi connectivity index (χ2v) is 11.4. The molecular weight excluding hydrogens is 344 g/mol. The summed E-state index contributed by atoms with van der Waals surface area (Å²) in [5.74, 6) is 0.930. The Hall–Kier alpha value is -1.84. The zero-order valence-corrected chi connectivity index (χ0v) is 19.5. The molecule has 0 radical (unpaired) electrons. The topological polar surface area (TPSA) is 51.6 Å². The summed E-state index contributed by atoms with van der Waals surface area (Å²) in [6.45, 7) is 22.2. The second-order valence-electron chi connectivity index (χ2n) is 11.4. The van der Waals surface area contributed by atoms with E-state index >= 15 is 0 Å². The predicted molar refractivity (Wildman–Crippen MR) is 117 cm³/mol. The van der Waals surface area contributed by atoms with Gasteiger partial charge in [0.05, 0.1) is 11.9 Å². The molecule has 2 heterocycles. The van der Waals surface area contributed by atoms with E-state index in [1.807, 2.05) is 18.5 Å². The molecule has 0 saturated heterocycles. The monoisotopic (exact) mass is 382 g/mol. The molecule has 0 aliphatic carbocycles. The van der Waals surface area contributed by atoms with E-state index in [-0.39, 0.29) is 21.7 Å². The van der Waals surface area contributed by atoms with Crippen LogP contribution >= 0.6 is 0 Å². The molecule has 0 bridgehead atoms. The van der Waals surface area contributed by atoms with Gasteiger partial charge in [0.15, 0.2) is 0 Å². The standard InChI is InChI=1S/C24H38N4/c1-21(2,3)18-11-14-25-20(27-18)24(9,10)13-12-23(7,8)17-15-19(22(4,5)6)28-26-16-17/h11,14-16H,12-13H2,1-10H3. The van der Waals surface area contributed by atoms with E-state index in [9.17, 15) is 0 Å². The van der Waals surface area contributed by atoms with Crippen LogP contribution in [0.1, 0.15) is 105 Å². The first-order valence-corrected chi connectivity index (χ1v) is 10.3. The maximum Gasteiger partial charge on any atom is 0.134 e. The molecule has 0 aliphatic heterocycles. The van der Waals surface area contributed by atoms with Crippen molar-refractivity contribution in [3.05, 3.63) is 47.3 Å². The van der Waals surface area contributed by atoms with Crippen molar-refractivity contribution in [2.24, 2.45) is 0 Å². The van der Waals surface area contributed by atoms with E-state index in [1.54, 1.807) is 0 Å². The first-order valence-electron chi connectivity index (χ1n) is 10.3. The highest BCUT2D eigenvalue weighted by Crippen LogP contribution is 2.36. The average molecular weight is 383 g/mol. The van der Waals surface area contributed by atoms with Gasteiger partial charge in [0.2, 0.25) is 0 Å². The lowest BCUT2D eigenvalue weighted by molar-refractivity contribution is 0.358. The molecule has 4 heteroatoms. The van der Waals surface area contributed by atoms with Crippen LogP contribution in [0.15, 0.2) is 24.5 Å². The molecule has 0 N–H and O–H groups in total. The Morgan fingerprint density at radius 2 is 1.32 bits per heavy atom. The Morgan fingerprint density at radius 3 is 1.89 bits per heavy atom. The van der Waals surface area contributed by atoms with Crippen molar-refractivity contribution in [3.8, 4) is 0 Å². The third-order valence-electron chi connectivity index (χ3n) is 5.61. The number of aromatic nitrogens is 4. The summed E-state index contributed by atoms with van der Waals surface area (Å²) < 4.78 is 0. The van der Waals surface area contributed by atoms with Gasteiger partial charge in [-0.2, -0.15) is 10.2 Å². The van der Waals surface area contributed by atoms with Crippen molar-refractivity contribution in [1.82, 2.24) is 20.2 Å². The molecule has 0 unspecified atom stereocenters. The van der Waals surface area contributed by atoms with Gasteiger partial charge in [0.25, 0.3) is 0 Å². The highest BCUT2D eigenvalue weighted by Gasteiger charge is 2.31. The Labute approximate surface area is 171 Å². The summed E-state index contributed by atoms with van der Waals surface area (Å²) in [7, 11) is 0. The van der Waals surface area contributed by atoms with Crippen LogP contribution in [0.4, 0.5) is 0 Å². The Kier molecular flexibility index (Phi) is 6.04. The van der Waals surface area contributed by atoms with E-state index < -0.39 is 0 Å². The molecule has 0 aromatic carbocycles. The van der Waals surface area contributed by atoms with E-state index in [0.717, 1.165) is 30.1 Å². The van der Waals surface area contributed by atoms with Gasteiger partial charge in [-0.15, -0.1) is 0 Å². The van der Waals surface area contributed by atoms with E-state index in [1.165, 1.54) is 5.56 Å². The highest BCUT2D eigenvalue weighted by atomic mass is 15.1. The molecule has 28 heavy (non-hydrogen) atoms. The minimum absolute atomic E-state index is 0.000401. The fourth-order valence-electron chi connectivity index (χ4n) is 3.09. The van der Waals surface area contributed by atoms with Crippen LogP contribution in [0.25, 0.3) is 0 Å². The van der Waals surface area contributed by atoms with Gasteiger partial charge >= 0.3 is 0 Å². The summed E-state index contributed by atoms with van der Waals surface area (Å²) >= 11 is 0. The SMILES string of the molecule is CC(C)(C)c1cc(C(C)(C)CCC(C)(C)c2nccc(C(C)(C)C)n2)cnn1. The van der Waals surface area contributed by atoms with Gasteiger partial charge in [-0.05, 0) is 36.0 Å². The summed E-state index contributed by atoms with van der Waals surface area (Å²) in [6.07, 6.45) is 5.84. The molecule has 2 rings (SSSR count). The second kappa shape index (κ2) is 7.53. The third-order valence-corrected chi connectivity index (χ3v) is 5.61. The van der Waals surface area contributed by atoms with Crippen molar-refractivity contribution in [1.29, 1.82) is 0 Å². The Bertz CT molecular complexity index is 738. The van der Waals surface area contributed by atoms with Crippen molar-refractivity contribution in [3.63, 3.8) is 0 Å². The molecule has 2 aromatic rings. The molecular formula is C24H38N4. The minimum atomic E-state index is -0.0914. The molecule has 0 saturated carbocycles. The number of hydrogen-bond acceptors (Lipinski definition) is 4. The molecule has 0 amide bonds. The zero-order chi connectivity index (χ0) is 21.4. The van der Waals surface area contributed by atoms with Gasteiger partial charge in [0, 0.05) is 28.1 Å². The highest BCUT2D eigenvalue weighted by molar-refractivity contribution is 5.25. The minimum Gasteiger partial charge on any atom is -0.241 e. The largest absolute Gasteiger partial charge is 0.241 e. The molecule has 0 atom stereocenters. The summed E-state index contributed by atoms with van der Waals surface area (Å²) in [5.41, 5.74) is 3.32. The first kappa shape index (κ1) is 22.4. The summed E-state index contributed by atoms with van der Waals surface area (Å²) in [5, 5.41) is 8.63. The van der Waals surface area contributed by atoms with Gasteiger partial charge in [-0.25, -0.2) is 9.97 Å². The van der Waals surface area contributed by atoms with Crippen LogP contribution in [0.2, 0.25) is 0 Å². The first-order chi connectivity index (χ1) is 12.6. The summed E-state index contributed by atoms with van der Waals surface area (Å²) in [4.78, 5) is 9.51. The van der Waals surface area contributed by atoms with E-state index in [0.29, 0.717) is 0 Å². The lowest BCUT2D eigenvalue weighted by atomic mass is 9.74. The van der Waals surface area contributed by atoms with Crippen LogP contribution in [-0.2, 0) is 21.7 Å². The molecule has 4 nitrogen and oxygen atoms in total. The van der Waals surface area contributed by atoms with Crippen molar-refractivity contribution in [2.45, 2.75) is 104 Å². The summed E-state index contributed by atoms with van der Waals surface area (Å²) in [6, 6.07) is 4.25. The number of rotatable bonds is 5. The zero-order valence-electron chi connectivity index (χ0n) is 19.5. The van der Waals surface area contributed by atoms with Gasteiger partial charge in [-0.3, -0.25) is 0 Å². The third kappa shape index (κ3) is 5.36. The lowest BCUT2D eigenvalue weighted by Gasteiger charge is -2.32. The van der Waals surface area contributed by atoms with Crippen LogP contribution in [0.3, 0.4) is 0 Å². The van der Waals surface area contributed by atoms with Gasteiger partial charge in [-0.1, -0.05) is 69.2 Å². The predicted octanol–water partition coefficient (Wildman–Crippen LogP) is 5.90. The molecule has 0 fully saturated rings. The fourth-order valence-corrected chi connectivity index (χ4v) is 3.09. The van der Waals surface area contributed by atoms with Crippen LogP contribution < -0.4 is 0 Å². The van der Waals surface area contributed by atoms with Gasteiger partial charge in [0.1, 0.15) is 5.82 Å². The fraction of sp³-hybridized carbons (Fsp3) is 0.667. The lowest BCUT2D eigenvalue weighted by Crippen LogP contribution is -2.28. The molecule has 2 aromatic heterocycles. The van der Waals surface area contributed by atoms with E-state index in [4.69, 9.17) is 4.98 Å². The van der Waals surface area contributed by atoms with Crippen LogP contribution in [0.5, 0.6) is 0 Å². The number of hydrogen-bond donors (Lipinski definition) is 0. The Balaban J connectivity index is 2.22. The Morgan fingerprint density at radius 1 is 0.750 bits per heavy atom. The smallest absolute Gasteiger partial charge is 0.134 e. The molecule has 0 spiro atoms. The van der Waals surface area contributed by atoms with Gasteiger partial charge < -0.3 is 0 Å². The van der Waals surface area contributed by atoms with Crippen molar-refractivity contribution < 1.29 is 0 Å².